The number of amides is 1. The third-order valence-corrected chi connectivity index (χ3v) is 6.35. The van der Waals surface area contributed by atoms with Gasteiger partial charge < -0.3 is 10.1 Å². The summed E-state index contributed by atoms with van der Waals surface area (Å²) in [7, 11) is -3.54. The number of hydrogen-bond donors (Lipinski definition) is 1. The first kappa shape index (κ1) is 19.6. The van der Waals surface area contributed by atoms with E-state index in [2.05, 4.69) is 10.3 Å². The van der Waals surface area contributed by atoms with Gasteiger partial charge in [0.1, 0.15) is 5.75 Å². The molecule has 7 nitrogen and oxygen atoms in total. The molecule has 1 N–H and O–H groups in total. The molecule has 0 saturated carbocycles. The third-order valence-electron chi connectivity index (χ3n) is 4.16. The van der Waals surface area contributed by atoms with E-state index in [1.165, 1.54) is 22.5 Å². The number of halogens is 1. The summed E-state index contributed by atoms with van der Waals surface area (Å²) >= 11 is 6.15. The molecule has 1 fully saturated rings. The summed E-state index contributed by atoms with van der Waals surface area (Å²) in [6, 6.07) is 9.71. The topological polar surface area (TPSA) is 88.6 Å². The van der Waals surface area contributed by atoms with Crippen molar-refractivity contribution in [3.05, 3.63) is 53.3 Å². The Hall–Kier alpha value is -2.16. The minimum absolute atomic E-state index is 0.126. The molecule has 1 aliphatic rings. The normalized spacial score (nSPS) is 14.9. The van der Waals surface area contributed by atoms with Gasteiger partial charge in [0.05, 0.1) is 22.2 Å². The zero-order valence-corrected chi connectivity index (χ0v) is 16.2. The molecule has 0 spiro atoms. The highest BCUT2D eigenvalue weighted by atomic mass is 35.5. The van der Waals surface area contributed by atoms with Crippen LogP contribution in [0.1, 0.15) is 18.5 Å². The first-order chi connectivity index (χ1) is 13.0. The molecule has 1 aromatic heterocycles. The molecule has 1 aromatic carbocycles. The van der Waals surface area contributed by atoms with E-state index in [-0.39, 0.29) is 28.2 Å². The average Bonchev–Trinajstić information content (AvgIpc) is 3.22. The van der Waals surface area contributed by atoms with Crippen molar-refractivity contribution in [3.8, 4) is 5.75 Å². The lowest BCUT2D eigenvalue weighted by Crippen LogP contribution is -2.29. The Bertz CT molecular complexity index is 900. The predicted molar refractivity (Wildman–Crippen MR) is 101 cm³/mol. The molecule has 3 rings (SSSR count). The molecule has 9 heteroatoms. The number of nitrogens with one attached hydrogen (secondary N) is 1. The number of pyridine rings is 1. The van der Waals surface area contributed by atoms with E-state index in [9.17, 15) is 13.2 Å². The number of carbonyl (C=O) groups excluding carboxylic acids is 1. The van der Waals surface area contributed by atoms with Gasteiger partial charge in [0.25, 0.3) is 5.91 Å². The fourth-order valence-corrected chi connectivity index (χ4v) is 4.57. The summed E-state index contributed by atoms with van der Waals surface area (Å²) in [5.41, 5.74) is 0.736. The van der Waals surface area contributed by atoms with Gasteiger partial charge in [-0.15, -0.1) is 0 Å². The van der Waals surface area contributed by atoms with Crippen molar-refractivity contribution in [2.24, 2.45) is 0 Å². The highest BCUT2D eigenvalue weighted by Gasteiger charge is 2.27. The highest BCUT2D eigenvalue weighted by Crippen LogP contribution is 2.29. The van der Waals surface area contributed by atoms with Crippen molar-refractivity contribution < 1.29 is 17.9 Å². The zero-order chi connectivity index (χ0) is 19.3. The standard InChI is InChI=1S/C18H20ClN3O4S/c19-16-11-15(27(24,25)22-9-3-4-10-22)6-7-17(16)26-13-18(23)21-12-14-5-1-2-8-20-14/h1-2,5-8,11H,3-4,9-10,12-13H2,(H,21,23). The van der Waals surface area contributed by atoms with Crippen LogP contribution in [0.5, 0.6) is 5.75 Å². The van der Waals surface area contributed by atoms with Crippen LogP contribution in [0.25, 0.3) is 0 Å². The van der Waals surface area contributed by atoms with Crippen molar-refractivity contribution in [1.82, 2.24) is 14.6 Å². The Labute approximate surface area is 163 Å². The van der Waals surface area contributed by atoms with E-state index in [4.69, 9.17) is 16.3 Å². The molecule has 0 radical (unpaired) electrons. The SMILES string of the molecule is O=C(COc1ccc(S(=O)(=O)N2CCCC2)cc1Cl)NCc1ccccn1. The highest BCUT2D eigenvalue weighted by molar-refractivity contribution is 7.89. The van der Waals surface area contributed by atoms with Crippen LogP contribution in [0.3, 0.4) is 0 Å². The monoisotopic (exact) mass is 409 g/mol. The molecule has 1 amide bonds. The van der Waals surface area contributed by atoms with E-state index >= 15 is 0 Å². The van der Waals surface area contributed by atoms with E-state index < -0.39 is 10.0 Å². The van der Waals surface area contributed by atoms with E-state index in [1.54, 1.807) is 18.3 Å². The van der Waals surface area contributed by atoms with Gasteiger partial charge in [0.2, 0.25) is 10.0 Å². The first-order valence-corrected chi connectivity index (χ1v) is 10.4. The van der Waals surface area contributed by atoms with Gasteiger partial charge in [-0.2, -0.15) is 4.31 Å². The second kappa shape index (κ2) is 8.69. The van der Waals surface area contributed by atoms with Crippen molar-refractivity contribution in [1.29, 1.82) is 0 Å². The number of aromatic nitrogens is 1. The summed E-state index contributed by atoms with van der Waals surface area (Å²) in [6.45, 7) is 1.11. The summed E-state index contributed by atoms with van der Waals surface area (Å²) < 4.78 is 31.9. The number of carbonyl (C=O) groups is 1. The molecule has 27 heavy (non-hydrogen) atoms. The maximum Gasteiger partial charge on any atom is 0.258 e. The molecule has 0 unspecified atom stereocenters. The van der Waals surface area contributed by atoms with Gasteiger partial charge in [0, 0.05) is 19.3 Å². The van der Waals surface area contributed by atoms with Crippen LogP contribution in [0.2, 0.25) is 5.02 Å². The first-order valence-electron chi connectivity index (χ1n) is 8.56. The summed E-state index contributed by atoms with van der Waals surface area (Å²) in [4.78, 5) is 16.1. The largest absolute Gasteiger partial charge is 0.482 e. The van der Waals surface area contributed by atoms with Gasteiger partial charge in [-0.3, -0.25) is 9.78 Å². The molecule has 1 saturated heterocycles. The molecule has 0 bridgehead atoms. The summed E-state index contributed by atoms with van der Waals surface area (Å²) in [5, 5.41) is 2.84. The summed E-state index contributed by atoms with van der Waals surface area (Å²) in [6.07, 6.45) is 3.37. The second-order valence-corrected chi connectivity index (χ2v) is 8.44. The molecule has 0 atom stereocenters. The molecule has 144 valence electrons. The average molecular weight is 410 g/mol. The molecule has 2 aromatic rings. The van der Waals surface area contributed by atoms with E-state index in [0.29, 0.717) is 19.6 Å². The van der Waals surface area contributed by atoms with Crippen LogP contribution in [-0.2, 0) is 21.4 Å². The lowest BCUT2D eigenvalue weighted by atomic mass is 10.3. The predicted octanol–water partition coefficient (Wildman–Crippen LogP) is 2.21. The molecular weight excluding hydrogens is 390 g/mol. The van der Waals surface area contributed by atoms with Crippen LogP contribution >= 0.6 is 11.6 Å². The lowest BCUT2D eigenvalue weighted by molar-refractivity contribution is -0.123. The van der Waals surface area contributed by atoms with E-state index in [1.807, 2.05) is 6.07 Å². The second-order valence-electron chi connectivity index (χ2n) is 6.09. The Morgan fingerprint density at radius 3 is 2.67 bits per heavy atom. The number of sulfonamides is 1. The van der Waals surface area contributed by atoms with Crippen molar-refractivity contribution >= 4 is 27.5 Å². The number of hydrogen-bond acceptors (Lipinski definition) is 5. The molecule has 1 aliphatic heterocycles. The zero-order valence-electron chi connectivity index (χ0n) is 14.6. The van der Waals surface area contributed by atoms with Crippen LogP contribution in [0.4, 0.5) is 0 Å². The molecule has 2 heterocycles. The van der Waals surface area contributed by atoms with Crippen molar-refractivity contribution in [2.75, 3.05) is 19.7 Å². The van der Waals surface area contributed by atoms with Crippen molar-refractivity contribution in [2.45, 2.75) is 24.3 Å². The van der Waals surface area contributed by atoms with Crippen molar-refractivity contribution in [3.63, 3.8) is 0 Å². The summed E-state index contributed by atoms with van der Waals surface area (Å²) in [5.74, 6) is -0.0736. The number of ether oxygens (including phenoxy) is 1. The number of nitrogens with zero attached hydrogens (tertiary/aromatic N) is 2. The fraction of sp³-hybridized carbons (Fsp3) is 0.333. The molecular formula is C18H20ClN3O4S. The van der Waals surface area contributed by atoms with Crippen LogP contribution in [0.15, 0.2) is 47.5 Å². The lowest BCUT2D eigenvalue weighted by Gasteiger charge is -2.16. The van der Waals surface area contributed by atoms with Crippen LogP contribution < -0.4 is 10.1 Å². The van der Waals surface area contributed by atoms with Crippen LogP contribution in [-0.4, -0.2) is 43.3 Å². The Kier molecular flexibility index (Phi) is 6.30. The maximum absolute atomic E-state index is 12.5. The Morgan fingerprint density at radius 1 is 1.22 bits per heavy atom. The number of rotatable bonds is 7. The smallest absolute Gasteiger partial charge is 0.258 e. The molecule has 0 aliphatic carbocycles. The quantitative estimate of drug-likeness (QED) is 0.757. The number of benzene rings is 1. The van der Waals surface area contributed by atoms with Gasteiger partial charge >= 0.3 is 0 Å². The van der Waals surface area contributed by atoms with Crippen LogP contribution in [0, 0.1) is 0 Å². The fourth-order valence-electron chi connectivity index (χ4n) is 2.72. The van der Waals surface area contributed by atoms with Gasteiger partial charge in [-0.25, -0.2) is 8.42 Å². The Balaban J connectivity index is 1.57. The van der Waals surface area contributed by atoms with Gasteiger partial charge in [-0.1, -0.05) is 17.7 Å². The van der Waals surface area contributed by atoms with Gasteiger partial charge in [-0.05, 0) is 43.2 Å². The van der Waals surface area contributed by atoms with E-state index in [0.717, 1.165) is 18.5 Å². The minimum Gasteiger partial charge on any atom is -0.482 e. The third kappa shape index (κ3) is 4.97. The van der Waals surface area contributed by atoms with Gasteiger partial charge in [0.15, 0.2) is 6.61 Å². The Morgan fingerprint density at radius 2 is 2.00 bits per heavy atom. The minimum atomic E-state index is -3.54. The maximum atomic E-state index is 12.5.